The summed E-state index contributed by atoms with van der Waals surface area (Å²) in [6.07, 6.45) is 3.03. The molecule has 0 amide bonds. The molecule has 1 aromatic rings. The summed E-state index contributed by atoms with van der Waals surface area (Å²) in [7, 11) is 2.03. The Morgan fingerprint density at radius 2 is 2.29 bits per heavy atom. The predicted octanol–water partition coefficient (Wildman–Crippen LogP) is 0.590. The molecule has 0 saturated carbocycles. The van der Waals surface area contributed by atoms with Crippen molar-refractivity contribution >= 4 is 5.97 Å². The number of ether oxygens (including phenoxy) is 1. The van der Waals surface area contributed by atoms with Gasteiger partial charge in [-0.25, -0.2) is 0 Å². The zero-order valence-corrected chi connectivity index (χ0v) is 12.6. The Hall–Kier alpha value is -1.47. The van der Waals surface area contributed by atoms with Crippen LogP contribution in [-0.2, 0) is 16.1 Å². The molecule has 1 aromatic heterocycles. The second-order valence-corrected chi connectivity index (χ2v) is 5.90. The summed E-state index contributed by atoms with van der Waals surface area (Å²) < 4.78 is 10.1. The lowest BCUT2D eigenvalue weighted by molar-refractivity contribution is -0.142. The molecular weight excluding hydrogens is 272 g/mol. The van der Waals surface area contributed by atoms with Gasteiger partial charge in [-0.05, 0) is 26.4 Å². The topological polar surface area (TPSA) is 71.7 Å². The van der Waals surface area contributed by atoms with Gasteiger partial charge in [0.25, 0.3) is 0 Å². The van der Waals surface area contributed by atoms with Crippen LogP contribution in [0.2, 0.25) is 0 Å². The molecule has 7 heteroatoms. The molecule has 2 aliphatic rings. The highest BCUT2D eigenvalue weighted by atomic mass is 16.5. The maximum absolute atomic E-state index is 11.7. The fourth-order valence-electron chi connectivity index (χ4n) is 3.22. The van der Waals surface area contributed by atoms with Crippen LogP contribution < -0.4 is 0 Å². The molecule has 0 aliphatic carbocycles. The van der Waals surface area contributed by atoms with Crippen LogP contribution in [0.25, 0.3) is 0 Å². The second-order valence-electron chi connectivity index (χ2n) is 5.90. The van der Waals surface area contributed by atoms with E-state index in [2.05, 4.69) is 19.9 Å². The highest BCUT2D eigenvalue weighted by Gasteiger charge is 2.35. The number of piperidine rings is 1. The summed E-state index contributed by atoms with van der Waals surface area (Å²) >= 11 is 0. The minimum Gasteiger partial charge on any atom is -0.464 e. The Labute approximate surface area is 124 Å². The quantitative estimate of drug-likeness (QED) is 0.753. The highest BCUT2D eigenvalue weighted by Crippen LogP contribution is 2.22. The van der Waals surface area contributed by atoms with Gasteiger partial charge in [0.15, 0.2) is 5.82 Å². The van der Waals surface area contributed by atoms with Crippen molar-refractivity contribution in [2.45, 2.75) is 44.8 Å². The lowest BCUT2D eigenvalue weighted by Gasteiger charge is -2.38. The number of hydrogen-bond acceptors (Lipinski definition) is 7. The van der Waals surface area contributed by atoms with Gasteiger partial charge in [-0.2, -0.15) is 4.98 Å². The number of carbonyl (C=O) groups is 1. The average molecular weight is 294 g/mol. The molecule has 7 nitrogen and oxygen atoms in total. The van der Waals surface area contributed by atoms with Crippen LogP contribution >= 0.6 is 0 Å². The number of rotatable bonds is 4. The minimum absolute atomic E-state index is 0.0802. The second kappa shape index (κ2) is 6.11. The summed E-state index contributed by atoms with van der Waals surface area (Å²) in [6.45, 7) is 5.01. The molecule has 0 N–H and O–H groups in total. The molecule has 0 unspecified atom stereocenters. The van der Waals surface area contributed by atoms with Crippen molar-refractivity contribution in [3.05, 3.63) is 11.7 Å². The summed E-state index contributed by atoms with van der Waals surface area (Å²) in [5.41, 5.74) is 0. The fourth-order valence-corrected chi connectivity index (χ4v) is 3.22. The number of hydrogen-bond donors (Lipinski definition) is 0. The summed E-state index contributed by atoms with van der Waals surface area (Å²) in [6, 6.07) is 0.296. The van der Waals surface area contributed by atoms with E-state index in [0.29, 0.717) is 25.1 Å². The summed E-state index contributed by atoms with van der Waals surface area (Å²) in [4.78, 5) is 20.5. The van der Waals surface area contributed by atoms with E-state index in [1.54, 1.807) is 6.92 Å². The van der Waals surface area contributed by atoms with Gasteiger partial charge in [0.1, 0.15) is 6.04 Å². The molecule has 3 rings (SSSR count). The third-order valence-electron chi connectivity index (χ3n) is 4.39. The lowest BCUT2D eigenvalue weighted by Crippen LogP contribution is -2.50. The van der Waals surface area contributed by atoms with E-state index in [1.807, 2.05) is 7.05 Å². The molecule has 0 spiro atoms. The van der Waals surface area contributed by atoms with Crippen molar-refractivity contribution in [1.82, 2.24) is 19.9 Å². The molecule has 21 heavy (non-hydrogen) atoms. The average Bonchev–Trinajstić information content (AvgIpc) is 3.07. The number of aromatic nitrogens is 2. The molecule has 2 atom stereocenters. The zero-order valence-electron chi connectivity index (χ0n) is 12.6. The van der Waals surface area contributed by atoms with Crippen LogP contribution in [0.5, 0.6) is 0 Å². The van der Waals surface area contributed by atoms with Gasteiger partial charge in [-0.3, -0.25) is 14.6 Å². The Kier molecular flexibility index (Phi) is 4.21. The SMILES string of the molecule is Cc1nc(CN2CCC[C@@H](N(C)[C@@H]3CCOC3=O)C2)no1. The number of cyclic esters (lactones) is 1. The van der Waals surface area contributed by atoms with E-state index in [-0.39, 0.29) is 12.0 Å². The normalized spacial score (nSPS) is 27.3. The number of esters is 1. The van der Waals surface area contributed by atoms with Crippen molar-refractivity contribution in [1.29, 1.82) is 0 Å². The Bertz CT molecular complexity index is 504. The van der Waals surface area contributed by atoms with E-state index in [9.17, 15) is 4.79 Å². The molecule has 3 heterocycles. The molecular formula is C14H22N4O3. The van der Waals surface area contributed by atoms with E-state index in [1.165, 1.54) is 0 Å². The molecule has 0 bridgehead atoms. The van der Waals surface area contributed by atoms with Gasteiger partial charge >= 0.3 is 5.97 Å². The first-order chi connectivity index (χ1) is 10.1. The Morgan fingerprint density at radius 3 is 2.95 bits per heavy atom. The van der Waals surface area contributed by atoms with Gasteiger partial charge in [0.05, 0.1) is 13.2 Å². The standard InChI is InChI=1S/C14H22N4O3/c1-10-15-13(16-21-10)9-18-6-3-4-11(8-18)17(2)12-5-7-20-14(12)19/h11-12H,3-9H2,1-2H3/t11-,12-/m1/s1. The molecule has 0 radical (unpaired) electrons. The van der Waals surface area contributed by atoms with Gasteiger partial charge in [0.2, 0.25) is 5.89 Å². The number of carbonyl (C=O) groups excluding carboxylic acids is 1. The van der Waals surface area contributed by atoms with Gasteiger partial charge < -0.3 is 9.26 Å². The van der Waals surface area contributed by atoms with Crippen molar-refractivity contribution < 1.29 is 14.1 Å². The summed E-state index contributed by atoms with van der Waals surface area (Å²) in [5, 5.41) is 3.95. The number of aryl methyl sites for hydroxylation is 1. The van der Waals surface area contributed by atoms with Crippen LogP contribution in [0, 0.1) is 6.92 Å². The molecule has 0 aromatic carbocycles. The molecule has 2 fully saturated rings. The van der Waals surface area contributed by atoms with Crippen molar-refractivity contribution in [2.75, 3.05) is 26.7 Å². The van der Waals surface area contributed by atoms with E-state index in [4.69, 9.17) is 9.26 Å². The predicted molar refractivity (Wildman–Crippen MR) is 74.5 cm³/mol. The minimum atomic E-state index is -0.0811. The highest BCUT2D eigenvalue weighted by molar-refractivity contribution is 5.77. The van der Waals surface area contributed by atoms with Crippen molar-refractivity contribution in [3.8, 4) is 0 Å². The van der Waals surface area contributed by atoms with Gasteiger partial charge in [-0.1, -0.05) is 5.16 Å². The molecule has 2 saturated heterocycles. The number of likely N-dealkylation sites (N-methyl/N-ethyl adjacent to an activating group) is 1. The summed E-state index contributed by atoms with van der Waals surface area (Å²) in [5.74, 6) is 1.25. The van der Waals surface area contributed by atoms with Gasteiger partial charge in [-0.15, -0.1) is 0 Å². The van der Waals surface area contributed by atoms with Crippen molar-refractivity contribution in [2.24, 2.45) is 0 Å². The van der Waals surface area contributed by atoms with Crippen LogP contribution in [-0.4, -0.2) is 64.7 Å². The van der Waals surface area contributed by atoms with E-state index < -0.39 is 0 Å². The molecule has 2 aliphatic heterocycles. The first kappa shape index (κ1) is 14.5. The van der Waals surface area contributed by atoms with Crippen LogP contribution in [0.1, 0.15) is 31.0 Å². The third-order valence-corrected chi connectivity index (χ3v) is 4.39. The van der Waals surface area contributed by atoms with Gasteiger partial charge in [0, 0.05) is 25.9 Å². The number of nitrogens with zero attached hydrogens (tertiary/aromatic N) is 4. The smallest absolute Gasteiger partial charge is 0.323 e. The maximum Gasteiger partial charge on any atom is 0.323 e. The van der Waals surface area contributed by atoms with Crippen molar-refractivity contribution in [3.63, 3.8) is 0 Å². The number of likely N-dealkylation sites (tertiary alicyclic amines) is 1. The Balaban J connectivity index is 1.58. The first-order valence-corrected chi connectivity index (χ1v) is 7.53. The Morgan fingerprint density at radius 1 is 1.43 bits per heavy atom. The lowest BCUT2D eigenvalue weighted by atomic mass is 10.0. The molecule has 116 valence electrons. The maximum atomic E-state index is 11.7. The fraction of sp³-hybridized carbons (Fsp3) is 0.786. The largest absolute Gasteiger partial charge is 0.464 e. The monoisotopic (exact) mass is 294 g/mol. The van der Waals surface area contributed by atoms with Crippen LogP contribution in [0.4, 0.5) is 0 Å². The van der Waals surface area contributed by atoms with E-state index >= 15 is 0 Å². The third kappa shape index (κ3) is 3.24. The zero-order chi connectivity index (χ0) is 14.8. The van der Waals surface area contributed by atoms with E-state index in [0.717, 1.165) is 38.2 Å². The van der Waals surface area contributed by atoms with Crippen LogP contribution in [0.15, 0.2) is 4.52 Å². The van der Waals surface area contributed by atoms with Crippen LogP contribution in [0.3, 0.4) is 0 Å². The first-order valence-electron chi connectivity index (χ1n) is 7.53.